The van der Waals surface area contributed by atoms with E-state index in [0.717, 1.165) is 30.4 Å². The van der Waals surface area contributed by atoms with Crippen LogP contribution < -0.4 is 0 Å². The molecule has 0 aliphatic carbocycles. The van der Waals surface area contributed by atoms with Crippen LogP contribution in [0.4, 0.5) is 0 Å². The van der Waals surface area contributed by atoms with Crippen molar-refractivity contribution in [1.29, 1.82) is 0 Å². The normalized spacial score (nSPS) is 12.3. The lowest BCUT2D eigenvalue weighted by atomic mass is 10.4. The van der Waals surface area contributed by atoms with E-state index in [-0.39, 0.29) is 13.2 Å². The Labute approximate surface area is 103 Å². The number of hydrogen-bond donors (Lipinski definition) is 2. The van der Waals surface area contributed by atoms with Crippen LogP contribution in [-0.2, 0) is 13.6 Å². The van der Waals surface area contributed by atoms with E-state index in [1.165, 1.54) is 0 Å². The van der Waals surface area contributed by atoms with Crippen LogP contribution in [0.3, 0.4) is 0 Å². The number of hydrogen-bond acceptors (Lipinski definition) is 5. The summed E-state index contributed by atoms with van der Waals surface area (Å²) in [4.78, 5) is 0. The highest BCUT2D eigenvalue weighted by Gasteiger charge is 2.32. The molecule has 0 saturated carbocycles. The number of aliphatic hydroxyl groups is 2. The molecule has 0 atom stereocenters. The average Bonchev–Trinajstić information content (AvgIpc) is 2.31. The van der Waals surface area contributed by atoms with Crippen LogP contribution in [0.5, 0.6) is 0 Å². The molecule has 0 aromatic carbocycles. The molecule has 0 aromatic rings. The molecule has 0 aromatic heterocycles. The van der Waals surface area contributed by atoms with Crippen molar-refractivity contribution in [2.24, 2.45) is 0 Å². The lowest BCUT2D eigenvalue weighted by molar-refractivity contribution is 0.0500. The molecule has 17 heavy (non-hydrogen) atoms. The van der Waals surface area contributed by atoms with Crippen LogP contribution in [0.15, 0.2) is 0 Å². The third-order valence-electron chi connectivity index (χ3n) is 2.18. The minimum atomic E-state index is -3.56. The Morgan fingerprint density at radius 2 is 1.41 bits per heavy atom. The lowest BCUT2D eigenvalue weighted by Gasteiger charge is -2.26. The third kappa shape index (κ3) is 6.50. The van der Waals surface area contributed by atoms with E-state index < -0.39 is 21.2 Å². The van der Waals surface area contributed by atoms with E-state index in [1.807, 2.05) is 13.8 Å². The van der Waals surface area contributed by atoms with Crippen LogP contribution in [-0.4, -0.2) is 41.6 Å². The molecule has 0 radical (unpaired) electrons. The van der Waals surface area contributed by atoms with Crippen LogP contribution >= 0.6 is 7.75 Å². The van der Waals surface area contributed by atoms with Crippen molar-refractivity contribution < 1.29 is 23.8 Å². The van der Waals surface area contributed by atoms with Gasteiger partial charge in [-0.3, -0.25) is 9.05 Å². The molecule has 2 N–H and O–H groups in total. The summed E-state index contributed by atoms with van der Waals surface area (Å²) in [5.41, 5.74) is 0. The van der Waals surface area contributed by atoms with E-state index in [4.69, 9.17) is 19.3 Å². The van der Waals surface area contributed by atoms with E-state index in [1.54, 1.807) is 0 Å². The lowest BCUT2D eigenvalue weighted by Crippen LogP contribution is -2.25. The predicted molar refractivity (Wildman–Crippen MR) is 65.3 cm³/mol. The van der Waals surface area contributed by atoms with Gasteiger partial charge in [-0.25, -0.2) is 4.57 Å². The van der Waals surface area contributed by atoms with Crippen molar-refractivity contribution in [3.05, 3.63) is 0 Å². The van der Waals surface area contributed by atoms with E-state index in [2.05, 4.69) is 0 Å². The van der Waals surface area contributed by atoms with Gasteiger partial charge in [-0.2, -0.15) is 4.67 Å². The van der Waals surface area contributed by atoms with Gasteiger partial charge in [0.25, 0.3) is 0 Å². The van der Waals surface area contributed by atoms with Gasteiger partial charge in [-0.1, -0.05) is 26.7 Å². The second-order valence-corrected chi connectivity index (χ2v) is 5.65. The highest BCUT2D eigenvalue weighted by Crippen LogP contribution is 2.51. The van der Waals surface area contributed by atoms with Gasteiger partial charge in [0, 0.05) is 0 Å². The van der Waals surface area contributed by atoms with Gasteiger partial charge in [-0.15, -0.1) is 0 Å². The Hall–Kier alpha value is 0.0300. The van der Waals surface area contributed by atoms with E-state index in [0.29, 0.717) is 0 Å². The van der Waals surface area contributed by atoms with Crippen molar-refractivity contribution in [2.75, 3.05) is 26.7 Å². The average molecular weight is 269 g/mol. The fourth-order valence-corrected chi connectivity index (χ4v) is 2.48. The van der Waals surface area contributed by atoms with Gasteiger partial charge in [0.2, 0.25) is 0 Å². The Balaban J connectivity index is 4.38. The first-order chi connectivity index (χ1) is 8.14. The zero-order valence-electron chi connectivity index (χ0n) is 10.7. The molecule has 7 heteroatoms. The minimum Gasteiger partial charge on any atom is -0.380 e. The molecule has 0 saturated heterocycles. The van der Waals surface area contributed by atoms with Gasteiger partial charge in [0.05, 0.1) is 13.2 Å². The Morgan fingerprint density at radius 3 is 1.71 bits per heavy atom. The summed E-state index contributed by atoms with van der Waals surface area (Å²) in [6, 6.07) is 0. The molecule has 104 valence electrons. The maximum atomic E-state index is 12.3. The zero-order valence-corrected chi connectivity index (χ0v) is 11.6. The highest BCUT2D eigenvalue weighted by atomic mass is 31.2. The standard InChI is InChI=1S/C10H24NO5P/c1-3-5-7-15-17(14,11(9-12)10-13)16-8-6-4-2/h12-13H,3-10H2,1-2H3. The Morgan fingerprint density at radius 1 is 1.00 bits per heavy atom. The fourth-order valence-electron chi connectivity index (χ4n) is 1.05. The topological polar surface area (TPSA) is 79.2 Å². The summed E-state index contributed by atoms with van der Waals surface area (Å²) in [5, 5.41) is 18.0. The maximum Gasteiger partial charge on any atom is 0.411 e. The number of nitrogens with zero attached hydrogens (tertiary/aromatic N) is 1. The third-order valence-corrected chi connectivity index (χ3v) is 4.14. The number of rotatable bonds is 11. The second-order valence-electron chi connectivity index (χ2n) is 3.63. The molecule has 0 bridgehead atoms. The van der Waals surface area contributed by atoms with Gasteiger partial charge >= 0.3 is 7.75 Å². The molecule has 0 heterocycles. The van der Waals surface area contributed by atoms with Crippen LogP contribution in [0, 0.1) is 0 Å². The Kier molecular flexibility index (Phi) is 10.0. The summed E-state index contributed by atoms with van der Waals surface area (Å²) in [6.07, 6.45) is 3.33. The summed E-state index contributed by atoms with van der Waals surface area (Å²) in [6.45, 7) is 3.43. The molecule has 0 aliphatic rings. The first-order valence-corrected chi connectivity index (χ1v) is 7.50. The highest BCUT2D eigenvalue weighted by molar-refractivity contribution is 7.51. The molecule has 0 aliphatic heterocycles. The summed E-state index contributed by atoms with van der Waals surface area (Å²) >= 11 is 0. The predicted octanol–water partition coefficient (Wildman–Crippen LogP) is 1.93. The quantitative estimate of drug-likeness (QED) is 0.339. The molecule has 0 unspecified atom stereocenters. The van der Waals surface area contributed by atoms with Gasteiger partial charge in [-0.05, 0) is 12.8 Å². The van der Waals surface area contributed by atoms with Crippen molar-refractivity contribution >= 4 is 7.75 Å². The van der Waals surface area contributed by atoms with Crippen molar-refractivity contribution in [3.8, 4) is 0 Å². The van der Waals surface area contributed by atoms with Gasteiger partial charge in [0.1, 0.15) is 13.5 Å². The number of unbranched alkanes of at least 4 members (excludes halogenated alkanes) is 2. The summed E-state index contributed by atoms with van der Waals surface area (Å²) in [5.74, 6) is 0. The van der Waals surface area contributed by atoms with Crippen molar-refractivity contribution in [2.45, 2.75) is 39.5 Å². The smallest absolute Gasteiger partial charge is 0.380 e. The largest absolute Gasteiger partial charge is 0.411 e. The molecule has 0 amide bonds. The maximum absolute atomic E-state index is 12.3. The first kappa shape index (κ1) is 17.0. The van der Waals surface area contributed by atoms with E-state index >= 15 is 0 Å². The monoisotopic (exact) mass is 269 g/mol. The van der Waals surface area contributed by atoms with Crippen LogP contribution in [0.1, 0.15) is 39.5 Å². The SMILES string of the molecule is CCCCOP(=O)(OCCCC)N(CO)CO. The molecule has 0 spiro atoms. The van der Waals surface area contributed by atoms with Crippen molar-refractivity contribution in [3.63, 3.8) is 0 Å². The number of aliphatic hydroxyl groups excluding tert-OH is 2. The summed E-state index contributed by atoms with van der Waals surface area (Å²) < 4.78 is 23.6. The second kappa shape index (κ2) is 10.00. The van der Waals surface area contributed by atoms with Gasteiger partial charge in [0.15, 0.2) is 0 Å². The zero-order chi connectivity index (χ0) is 13.1. The minimum absolute atomic E-state index is 0.288. The molecule has 0 fully saturated rings. The first-order valence-electron chi connectivity index (χ1n) is 6.00. The molecule has 0 rings (SSSR count). The molecule has 6 nitrogen and oxygen atoms in total. The van der Waals surface area contributed by atoms with Crippen molar-refractivity contribution in [1.82, 2.24) is 4.67 Å². The molecular formula is C10H24NO5P. The Bertz CT molecular complexity index is 209. The molecular weight excluding hydrogens is 245 g/mol. The van der Waals surface area contributed by atoms with Crippen LogP contribution in [0.2, 0.25) is 0 Å². The summed E-state index contributed by atoms with van der Waals surface area (Å²) in [7, 11) is -3.56. The van der Waals surface area contributed by atoms with E-state index in [9.17, 15) is 4.57 Å². The van der Waals surface area contributed by atoms with Gasteiger partial charge < -0.3 is 10.2 Å². The van der Waals surface area contributed by atoms with Crippen LogP contribution in [0.25, 0.3) is 0 Å². The fraction of sp³-hybridized carbons (Fsp3) is 1.00.